The first-order valence-corrected chi connectivity index (χ1v) is 7.23. The molecule has 94 valence electrons. The molecule has 2 aromatic rings. The first-order valence-electron chi connectivity index (χ1n) is 7.23. The molecule has 0 bridgehead atoms. The van der Waals surface area contributed by atoms with Crippen LogP contribution in [0.25, 0.3) is 17.2 Å². The molecule has 0 unspecified atom stereocenters. The molecular weight excluding hydrogens is 228 g/mol. The summed E-state index contributed by atoms with van der Waals surface area (Å²) in [7, 11) is 0. The Bertz CT molecular complexity index is 675. The summed E-state index contributed by atoms with van der Waals surface area (Å²) in [5.41, 5.74) is 10.6. The summed E-state index contributed by atoms with van der Waals surface area (Å²) in [4.78, 5) is 0. The van der Waals surface area contributed by atoms with Crippen LogP contribution in [0.3, 0.4) is 0 Å². The lowest BCUT2D eigenvalue weighted by Crippen LogP contribution is -1.95. The number of rotatable bonds is 1. The van der Waals surface area contributed by atoms with Crippen molar-refractivity contribution in [1.82, 2.24) is 0 Å². The van der Waals surface area contributed by atoms with Crippen LogP contribution in [0, 0.1) is 0 Å². The Labute approximate surface area is 114 Å². The van der Waals surface area contributed by atoms with Crippen LogP contribution in [-0.4, -0.2) is 0 Å². The minimum absolute atomic E-state index is 1.14. The van der Waals surface area contributed by atoms with E-state index in [0.29, 0.717) is 0 Å². The molecule has 0 fully saturated rings. The van der Waals surface area contributed by atoms with Gasteiger partial charge in [0, 0.05) is 0 Å². The highest BCUT2D eigenvalue weighted by molar-refractivity contribution is 5.84. The maximum atomic E-state index is 2.47. The third-order valence-corrected chi connectivity index (χ3v) is 4.45. The summed E-state index contributed by atoms with van der Waals surface area (Å²) >= 11 is 0. The fourth-order valence-electron chi connectivity index (χ4n) is 3.67. The van der Waals surface area contributed by atoms with Crippen LogP contribution in [0.1, 0.15) is 35.6 Å². The maximum Gasteiger partial charge on any atom is -0.00603 e. The zero-order valence-corrected chi connectivity index (χ0v) is 11.4. The molecule has 0 heterocycles. The first kappa shape index (κ1) is 11.0. The van der Waals surface area contributed by atoms with E-state index in [1.54, 1.807) is 11.1 Å². The van der Waals surface area contributed by atoms with E-state index in [0.717, 1.165) is 6.42 Å². The third-order valence-electron chi connectivity index (χ3n) is 4.45. The van der Waals surface area contributed by atoms with Gasteiger partial charge in [-0.1, -0.05) is 48.0 Å². The van der Waals surface area contributed by atoms with Crippen LogP contribution in [0.5, 0.6) is 0 Å². The third kappa shape index (κ3) is 1.67. The van der Waals surface area contributed by atoms with Gasteiger partial charge in [0.05, 0.1) is 0 Å². The molecule has 0 aromatic heterocycles. The molecule has 0 heteroatoms. The van der Waals surface area contributed by atoms with Gasteiger partial charge in [-0.3, -0.25) is 0 Å². The highest BCUT2D eigenvalue weighted by atomic mass is 14.3. The van der Waals surface area contributed by atoms with Crippen molar-refractivity contribution in [2.75, 3.05) is 0 Å². The summed E-state index contributed by atoms with van der Waals surface area (Å²) in [6.07, 6.45) is 7.38. The molecule has 2 aliphatic carbocycles. The number of aryl methyl sites for hydroxylation is 1. The van der Waals surface area contributed by atoms with E-state index in [9.17, 15) is 0 Å². The predicted molar refractivity (Wildman–Crippen MR) is 81.3 cm³/mol. The highest BCUT2D eigenvalue weighted by Gasteiger charge is 2.23. The van der Waals surface area contributed by atoms with E-state index in [-0.39, 0.29) is 0 Å². The summed E-state index contributed by atoms with van der Waals surface area (Å²) < 4.78 is 0. The Morgan fingerprint density at radius 1 is 0.947 bits per heavy atom. The van der Waals surface area contributed by atoms with Crippen LogP contribution in [0.15, 0.2) is 42.0 Å². The Kier molecular flexibility index (Phi) is 2.38. The monoisotopic (exact) mass is 246 g/mol. The van der Waals surface area contributed by atoms with Gasteiger partial charge in [0.25, 0.3) is 0 Å². The predicted octanol–water partition coefficient (Wildman–Crippen LogP) is 4.80. The highest BCUT2D eigenvalue weighted by Crippen LogP contribution is 2.41. The van der Waals surface area contributed by atoms with Crippen molar-refractivity contribution in [3.63, 3.8) is 0 Å². The van der Waals surface area contributed by atoms with Gasteiger partial charge < -0.3 is 0 Å². The van der Waals surface area contributed by atoms with Crippen molar-refractivity contribution in [1.29, 1.82) is 0 Å². The summed E-state index contributed by atoms with van der Waals surface area (Å²) in [5, 5.41) is 0. The molecule has 0 N–H and O–H groups in total. The number of allylic oxidation sites excluding steroid dienone is 1. The van der Waals surface area contributed by atoms with Crippen molar-refractivity contribution < 1.29 is 0 Å². The number of fused-ring (bicyclic) bond motifs is 2. The number of hydrogen-bond acceptors (Lipinski definition) is 0. The van der Waals surface area contributed by atoms with Gasteiger partial charge in [-0.15, -0.1) is 0 Å². The van der Waals surface area contributed by atoms with Crippen molar-refractivity contribution in [2.24, 2.45) is 0 Å². The Morgan fingerprint density at radius 3 is 2.63 bits per heavy atom. The second kappa shape index (κ2) is 4.09. The van der Waals surface area contributed by atoms with E-state index < -0.39 is 0 Å². The zero-order valence-electron chi connectivity index (χ0n) is 11.4. The second-order valence-electron chi connectivity index (χ2n) is 5.85. The smallest absolute Gasteiger partial charge is 0.00603 e. The minimum atomic E-state index is 1.14. The molecule has 0 amide bonds. The fourth-order valence-corrected chi connectivity index (χ4v) is 3.67. The van der Waals surface area contributed by atoms with Gasteiger partial charge in [-0.2, -0.15) is 0 Å². The van der Waals surface area contributed by atoms with Crippen LogP contribution >= 0.6 is 0 Å². The van der Waals surface area contributed by atoms with E-state index >= 15 is 0 Å². The normalized spacial score (nSPS) is 16.2. The first-order chi connectivity index (χ1) is 9.33. The standard InChI is InChI=1S/C19H18/c1-13-10-16-12-15-8-5-9-17(15)19(18(16)11-13)14-6-3-2-4-7-14/h2-4,6-7,11-12H,5,8-10H2,1H3. The summed E-state index contributed by atoms with van der Waals surface area (Å²) in [5.74, 6) is 0. The van der Waals surface area contributed by atoms with Gasteiger partial charge in [-0.25, -0.2) is 0 Å². The van der Waals surface area contributed by atoms with Crippen LogP contribution < -0.4 is 0 Å². The molecule has 0 atom stereocenters. The van der Waals surface area contributed by atoms with Crippen LogP contribution in [0.2, 0.25) is 0 Å². The van der Waals surface area contributed by atoms with E-state index in [4.69, 9.17) is 0 Å². The molecule has 4 rings (SSSR count). The molecule has 0 radical (unpaired) electrons. The van der Waals surface area contributed by atoms with Gasteiger partial charge in [0.2, 0.25) is 0 Å². The number of hydrogen-bond donors (Lipinski definition) is 0. The molecule has 0 aliphatic heterocycles. The molecule has 0 saturated heterocycles. The molecular formula is C19H18. The van der Waals surface area contributed by atoms with Crippen molar-refractivity contribution >= 4 is 6.08 Å². The average Bonchev–Trinajstić information content (AvgIpc) is 3.01. The summed E-state index contributed by atoms with van der Waals surface area (Å²) in [6.45, 7) is 2.25. The second-order valence-corrected chi connectivity index (χ2v) is 5.85. The average molecular weight is 246 g/mol. The molecule has 19 heavy (non-hydrogen) atoms. The fraction of sp³-hybridized carbons (Fsp3) is 0.263. The number of benzene rings is 2. The Hall–Kier alpha value is -1.82. The molecule has 0 saturated carbocycles. The lowest BCUT2D eigenvalue weighted by atomic mass is 9.90. The van der Waals surface area contributed by atoms with Gasteiger partial charge in [0.15, 0.2) is 0 Å². The van der Waals surface area contributed by atoms with Gasteiger partial charge in [-0.05, 0) is 66.0 Å². The van der Waals surface area contributed by atoms with E-state index in [1.807, 2.05) is 0 Å². The van der Waals surface area contributed by atoms with Crippen molar-refractivity contribution in [2.45, 2.75) is 32.6 Å². The van der Waals surface area contributed by atoms with Crippen LogP contribution in [-0.2, 0) is 19.3 Å². The maximum absolute atomic E-state index is 2.47. The molecule has 2 aromatic carbocycles. The van der Waals surface area contributed by atoms with Crippen molar-refractivity contribution in [3.8, 4) is 11.1 Å². The molecule has 0 spiro atoms. The largest absolute Gasteiger partial charge is 0.0683 e. The Morgan fingerprint density at radius 2 is 1.79 bits per heavy atom. The SMILES string of the molecule is CC1=Cc2c(cc3c(c2-c2ccccc2)CCC3)C1. The van der Waals surface area contributed by atoms with Crippen molar-refractivity contribution in [3.05, 3.63) is 64.2 Å². The quantitative estimate of drug-likeness (QED) is 0.678. The lowest BCUT2D eigenvalue weighted by molar-refractivity contribution is 0.912. The topological polar surface area (TPSA) is 0 Å². The summed E-state index contributed by atoms with van der Waals surface area (Å²) in [6, 6.07) is 13.4. The Balaban J connectivity index is 2.04. The van der Waals surface area contributed by atoms with E-state index in [1.165, 1.54) is 47.1 Å². The zero-order chi connectivity index (χ0) is 12.8. The minimum Gasteiger partial charge on any atom is -0.0683 e. The van der Waals surface area contributed by atoms with E-state index in [2.05, 4.69) is 49.4 Å². The molecule has 2 aliphatic rings. The molecule has 0 nitrogen and oxygen atoms in total. The van der Waals surface area contributed by atoms with Gasteiger partial charge >= 0.3 is 0 Å². The van der Waals surface area contributed by atoms with Gasteiger partial charge in [0.1, 0.15) is 0 Å². The lowest BCUT2D eigenvalue weighted by Gasteiger charge is -2.14. The van der Waals surface area contributed by atoms with Crippen LogP contribution in [0.4, 0.5) is 0 Å².